The monoisotopic (exact) mass is 1250 g/mol. The molecule has 6 heterocycles. The van der Waals surface area contributed by atoms with Crippen LogP contribution >= 0.6 is 0 Å². The van der Waals surface area contributed by atoms with Crippen molar-refractivity contribution in [2.45, 2.75) is 11.5 Å². The molecule has 14 aromatic carbocycles. The molecule has 0 saturated carbocycles. The van der Waals surface area contributed by atoms with E-state index >= 15 is 0 Å². The first-order chi connectivity index (χ1) is 43.5. The third-order valence-corrected chi connectivity index (χ3v) is 39.2. The third-order valence-electron chi connectivity index (χ3n) is 20.3. The van der Waals surface area contributed by atoms with Crippen molar-refractivity contribution in [3.63, 3.8) is 0 Å². The fraction of sp³-hybridized carbons (Fsp3) is 0.0250. The standard InChI is InChI=1S/C80H54Ge2N6/c1-81-71-62-43-25-45-64(71)85(56-33-13-5-14-34-56)77-60-41-23-21-27-51(60)47-68(73(77)81)87(58-37-17-7-18-38-58)79-70-53(49-66(75(79)81)83(62)54-29-9-3-10-30-54)50-67-76-80(70)88(59-39-19-8-20-40-59)69-48-52-28-22-24-42-61(52)78-74(69)82(76,2)72-63(84(67)55-31-11-4-12-32-55)44-26-46-65(72)86(78)57-35-15-6-16-36-57/h3-50H,1-2H3. The van der Waals surface area contributed by atoms with Crippen molar-refractivity contribution in [3.05, 3.63) is 291 Å². The minimum absolute atomic E-state index is 1.14. The van der Waals surface area contributed by atoms with Crippen LogP contribution in [0.1, 0.15) is 0 Å². The van der Waals surface area contributed by atoms with Crippen molar-refractivity contribution in [3.8, 4) is 0 Å². The molecule has 0 fully saturated rings. The molecule has 0 radical (unpaired) electrons. The van der Waals surface area contributed by atoms with Gasteiger partial charge in [0.15, 0.2) is 0 Å². The van der Waals surface area contributed by atoms with E-state index in [9.17, 15) is 0 Å². The number of rotatable bonds is 6. The fourth-order valence-corrected chi connectivity index (χ4v) is 38.1. The average molecular weight is 1240 g/mol. The van der Waals surface area contributed by atoms with Gasteiger partial charge in [0.05, 0.1) is 0 Å². The van der Waals surface area contributed by atoms with E-state index in [1.807, 2.05) is 0 Å². The molecule has 20 rings (SSSR count). The van der Waals surface area contributed by atoms with Crippen LogP contribution in [0.15, 0.2) is 291 Å². The number of hydrogen-bond donors (Lipinski definition) is 0. The molecule has 6 aliphatic rings. The summed E-state index contributed by atoms with van der Waals surface area (Å²) >= 11 is -8.11. The summed E-state index contributed by atoms with van der Waals surface area (Å²) in [6.07, 6.45) is 0. The van der Waals surface area contributed by atoms with Gasteiger partial charge in [-0.05, 0) is 0 Å². The molecule has 14 aromatic rings. The van der Waals surface area contributed by atoms with Gasteiger partial charge in [-0.1, -0.05) is 0 Å². The molecule has 2 atom stereocenters. The first-order valence-corrected chi connectivity index (χ1v) is 41.2. The zero-order valence-electron chi connectivity index (χ0n) is 48.4. The Bertz CT molecular complexity index is 5010. The van der Waals surface area contributed by atoms with Crippen LogP contribution in [0.4, 0.5) is 102 Å². The van der Waals surface area contributed by atoms with Crippen LogP contribution in [-0.4, -0.2) is 26.5 Å². The van der Waals surface area contributed by atoms with Crippen LogP contribution in [0.5, 0.6) is 0 Å². The second-order valence-electron chi connectivity index (χ2n) is 24.6. The van der Waals surface area contributed by atoms with Crippen LogP contribution in [0, 0.1) is 0 Å². The first kappa shape index (κ1) is 48.9. The second-order valence-corrected chi connectivity index (χ2v) is 40.4. The van der Waals surface area contributed by atoms with Gasteiger partial charge in [0.25, 0.3) is 0 Å². The Morgan fingerprint density at radius 3 is 0.795 bits per heavy atom. The molecule has 6 nitrogen and oxygen atoms in total. The Balaban J connectivity index is 1.04. The van der Waals surface area contributed by atoms with E-state index in [4.69, 9.17) is 0 Å². The third kappa shape index (κ3) is 6.08. The molecule has 6 aliphatic heterocycles. The van der Waals surface area contributed by atoms with Crippen LogP contribution in [0.3, 0.4) is 0 Å². The molecular formula is C80H54Ge2N6. The summed E-state index contributed by atoms with van der Waals surface area (Å²) in [6.45, 7) is 0. The second kappa shape index (κ2) is 17.7. The van der Waals surface area contributed by atoms with Crippen LogP contribution in [0.25, 0.3) is 32.3 Å². The Morgan fingerprint density at radius 1 is 0.205 bits per heavy atom. The number of fused-ring (bicyclic) bond motifs is 7. The van der Waals surface area contributed by atoms with E-state index in [1.165, 1.54) is 127 Å². The fourth-order valence-electron chi connectivity index (χ4n) is 17.1. The van der Waals surface area contributed by atoms with Crippen molar-refractivity contribution in [2.24, 2.45) is 0 Å². The van der Waals surface area contributed by atoms with Gasteiger partial charge in [0.1, 0.15) is 0 Å². The molecular weight excluding hydrogens is 1190 g/mol. The summed E-state index contributed by atoms with van der Waals surface area (Å²) in [4.78, 5) is 16.1. The van der Waals surface area contributed by atoms with E-state index in [-0.39, 0.29) is 0 Å². The van der Waals surface area contributed by atoms with Gasteiger partial charge >= 0.3 is 520 Å². The number of hydrogen-bond acceptors (Lipinski definition) is 6. The molecule has 0 bridgehead atoms. The summed E-state index contributed by atoms with van der Waals surface area (Å²) < 4.78 is 8.93. The number of nitrogens with zero attached hydrogens (tertiary/aromatic N) is 6. The maximum atomic E-state index is 2.77. The van der Waals surface area contributed by atoms with Gasteiger partial charge in [-0.2, -0.15) is 0 Å². The van der Waals surface area contributed by atoms with Gasteiger partial charge in [-0.3, -0.25) is 0 Å². The van der Waals surface area contributed by atoms with Crippen molar-refractivity contribution < 1.29 is 0 Å². The summed E-state index contributed by atoms with van der Waals surface area (Å²) in [7, 11) is 0. The zero-order chi connectivity index (χ0) is 57.7. The van der Waals surface area contributed by atoms with E-state index in [1.54, 1.807) is 0 Å². The molecule has 0 spiro atoms. The quantitative estimate of drug-likeness (QED) is 0.153. The summed E-state index contributed by atoms with van der Waals surface area (Å²) in [5.74, 6) is 5.54. The zero-order valence-corrected chi connectivity index (χ0v) is 52.6. The van der Waals surface area contributed by atoms with E-state index in [0.717, 1.165) is 34.1 Å². The minimum atomic E-state index is -4.05. The normalized spacial score (nSPS) is 17.4. The molecule has 412 valence electrons. The molecule has 0 N–H and O–H groups in total. The van der Waals surface area contributed by atoms with E-state index in [0.29, 0.717) is 0 Å². The van der Waals surface area contributed by atoms with Crippen molar-refractivity contribution in [1.29, 1.82) is 0 Å². The summed E-state index contributed by atoms with van der Waals surface area (Å²) in [6, 6.07) is 111. The predicted molar refractivity (Wildman–Crippen MR) is 375 cm³/mol. The summed E-state index contributed by atoms with van der Waals surface area (Å²) in [5.41, 5.74) is 22.2. The maximum absolute atomic E-state index is 4.05. The SMILES string of the molecule is [CH3][Ge]12[c]3c4cccc3N(c3ccccc3)c3[c]1c(cc1ccccc31)N(c1ccccc1)c1[c]2c(cc2cc3[c]5c(c12)N(c1ccccc1)c1cc2ccccc2c2[c]1[Ge]5([CH3])[c]1c(cccc1N2c1ccccc1)N3c1ccccc1)N4c1ccccc1. The Labute approximate surface area is 516 Å². The number of anilines is 18. The van der Waals surface area contributed by atoms with Crippen LogP contribution < -0.4 is 55.8 Å². The molecule has 0 amide bonds. The van der Waals surface area contributed by atoms with Crippen LogP contribution in [0.2, 0.25) is 11.5 Å². The van der Waals surface area contributed by atoms with Gasteiger partial charge in [0, 0.05) is 0 Å². The topological polar surface area (TPSA) is 19.4 Å². The first-order valence-electron chi connectivity index (χ1n) is 30.7. The summed E-state index contributed by atoms with van der Waals surface area (Å²) in [5, 5.41) is 7.50. The molecule has 88 heavy (non-hydrogen) atoms. The van der Waals surface area contributed by atoms with Crippen molar-refractivity contribution in [2.75, 3.05) is 29.4 Å². The number of benzene rings is 14. The van der Waals surface area contributed by atoms with E-state index < -0.39 is 26.5 Å². The molecule has 0 saturated heterocycles. The van der Waals surface area contributed by atoms with Crippen LogP contribution in [-0.2, 0) is 0 Å². The molecule has 0 aromatic heterocycles. The Kier molecular flexibility index (Phi) is 9.84. The van der Waals surface area contributed by atoms with Gasteiger partial charge in [-0.15, -0.1) is 0 Å². The predicted octanol–water partition coefficient (Wildman–Crippen LogP) is 18.0. The van der Waals surface area contributed by atoms with Crippen molar-refractivity contribution >= 4 is 188 Å². The Hall–Kier alpha value is -10.3. The Morgan fingerprint density at radius 2 is 0.455 bits per heavy atom. The molecule has 0 aliphatic carbocycles. The van der Waals surface area contributed by atoms with Crippen molar-refractivity contribution in [1.82, 2.24) is 0 Å². The van der Waals surface area contributed by atoms with Gasteiger partial charge < -0.3 is 0 Å². The van der Waals surface area contributed by atoms with Gasteiger partial charge in [-0.25, -0.2) is 0 Å². The van der Waals surface area contributed by atoms with E-state index in [2.05, 4.69) is 332 Å². The molecule has 8 heteroatoms. The average Bonchev–Trinajstić information content (AvgIpc) is 0.664. The molecule has 2 unspecified atom stereocenters. The number of para-hydroxylation sites is 6. The van der Waals surface area contributed by atoms with Gasteiger partial charge in [0.2, 0.25) is 0 Å².